The lowest BCUT2D eigenvalue weighted by atomic mass is 9.49. The van der Waals surface area contributed by atoms with Crippen LogP contribution in [0.25, 0.3) is 6.08 Å². The van der Waals surface area contributed by atoms with E-state index in [1.165, 1.54) is 0 Å². The first-order chi connectivity index (χ1) is 17.4. The summed E-state index contributed by atoms with van der Waals surface area (Å²) in [4.78, 5) is 26.9. The van der Waals surface area contributed by atoms with Crippen molar-refractivity contribution in [2.45, 2.75) is 76.8 Å². The first-order valence-corrected chi connectivity index (χ1v) is 17.2. The van der Waals surface area contributed by atoms with Gasteiger partial charge in [-0.25, -0.2) is 0 Å². The zero-order valence-electron chi connectivity index (χ0n) is 22.5. The maximum Gasteiger partial charge on any atom is 0.312 e. The number of rotatable bonds is 10. The minimum atomic E-state index is -1.66. The van der Waals surface area contributed by atoms with Crippen molar-refractivity contribution >= 4 is 37.7 Å². The monoisotopic (exact) mass is 541 g/mol. The van der Waals surface area contributed by atoms with Gasteiger partial charge in [-0.2, -0.15) is 0 Å². The fraction of sp³-hybridized carbons (Fsp3) is 0.467. The number of hydrogen-bond donors (Lipinski definition) is 3. The number of aliphatic carboxylic acids is 2. The van der Waals surface area contributed by atoms with E-state index in [1.54, 1.807) is 18.2 Å². The van der Waals surface area contributed by atoms with Crippen molar-refractivity contribution in [3.05, 3.63) is 76.8 Å². The van der Waals surface area contributed by atoms with Gasteiger partial charge in [0.05, 0.1) is 10.8 Å². The Balaban J connectivity index is 2.30. The van der Waals surface area contributed by atoms with Gasteiger partial charge in [0, 0.05) is 31.1 Å². The predicted octanol–water partition coefficient (Wildman–Crippen LogP) is 7.17. The van der Waals surface area contributed by atoms with E-state index in [2.05, 4.69) is 25.0 Å². The summed E-state index contributed by atoms with van der Waals surface area (Å²) >= 11 is 6.43. The van der Waals surface area contributed by atoms with Gasteiger partial charge < -0.3 is 15.5 Å². The van der Waals surface area contributed by atoms with Gasteiger partial charge in [-0.15, -0.1) is 0 Å². The molecule has 5 unspecified atom stereocenters. The summed E-state index contributed by atoms with van der Waals surface area (Å²) in [5.74, 6) is -2.73. The van der Waals surface area contributed by atoms with Crippen molar-refractivity contribution < 1.29 is 19.8 Å². The highest BCUT2D eigenvalue weighted by Gasteiger charge is 2.66. The van der Waals surface area contributed by atoms with E-state index in [4.69, 9.17) is 11.6 Å². The van der Waals surface area contributed by atoms with Gasteiger partial charge in [0.2, 0.25) is 0 Å². The highest BCUT2D eigenvalue weighted by Crippen LogP contribution is 2.60. The molecule has 3 N–H and O–H groups in total. The first-order valence-electron chi connectivity index (χ1n) is 13.1. The molecule has 1 aliphatic rings. The molecule has 1 fully saturated rings. The summed E-state index contributed by atoms with van der Waals surface area (Å²) in [6.07, 6.45) is 4.97. The van der Waals surface area contributed by atoms with Crippen molar-refractivity contribution in [1.29, 1.82) is 0 Å². The van der Waals surface area contributed by atoms with Crippen molar-refractivity contribution in [2.24, 2.45) is 10.8 Å². The minimum Gasteiger partial charge on any atom is -0.481 e. The lowest BCUT2D eigenvalue weighted by Gasteiger charge is -2.58. The van der Waals surface area contributed by atoms with E-state index < -0.39 is 42.8 Å². The summed E-state index contributed by atoms with van der Waals surface area (Å²) in [5.41, 5.74) is -1.08. The molecule has 0 bridgehead atoms. The average Bonchev–Trinajstić information content (AvgIpc) is 2.83. The molecule has 7 heteroatoms. The molecule has 1 saturated heterocycles. The highest BCUT2D eigenvalue weighted by atomic mass is 35.5. The molecule has 1 heterocycles. The van der Waals surface area contributed by atoms with Gasteiger partial charge >= 0.3 is 11.9 Å². The number of allylic oxidation sites excluding steroid dienone is 1. The molecule has 0 spiro atoms. The third-order valence-electron chi connectivity index (χ3n) is 8.12. The van der Waals surface area contributed by atoms with Gasteiger partial charge in [-0.3, -0.25) is 9.59 Å². The Bertz CT molecular complexity index is 1130. The normalized spacial score (nSPS) is 28.3. The zero-order valence-corrected chi connectivity index (χ0v) is 24.3. The Morgan fingerprint density at radius 3 is 2.22 bits per heavy atom. The van der Waals surface area contributed by atoms with Crippen LogP contribution in [0.2, 0.25) is 30.7 Å². The number of benzene rings is 2. The summed E-state index contributed by atoms with van der Waals surface area (Å²) in [7, 11) is -1.66. The molecule has 0 saturated carbocycles. The number of nitrogens with one attached hydrogen (secondary N) is 1. The minimum absolute atomic E-state index is 0.182. The molecule has 0 amide bonds. The van der Waals surface area contributed by atoms with E-state index >= 15 is 0 Å². The molecule has 2 aromatic carbocycles. The van der Waals surface area contributed by atoms with Crippen LogP contribution >= 0.6 is 11.6 Å². The van der Waals surface area contributed by atoms with Crippen LogP contribution in [0.3, 0.4) is 0 Å². The molecule has 200 valence electrons. The molecular formula is C30H40ClNO4Si. The molecule has 0 aromatic heterocycles. The van der Waals surface area contributed by atoms with Crippen LogP contribution in [0.5, 0.6) is 0 Å². The van der Waals surface area contributed by atoms with Gasteiger partial charge in [0.1, 0.15) is 0 Å². The lowest BCUT2D eigenvalue weighted by Crippen LogP contribution is -2.70. The molecule has 0 aliphatic carbocycles. The van der Waals surface area contributed by atoms with Crippen molar-refractivity contribution in [3.8, 4) is 0 Å². The second-order valence-corrected chi connectivity index (χ2v) is 17.7. The fourth-order valence-corrected chi connectivity index (χ4v) is 7.56. The zero-order chi connectivity index (χ0) is 27.4. The van der Waals surface area contributed by atoms with E-state index in [9.17, 15) is 19.8 Å². The van der Waals surface area contributed by atoms with E-state index in [0.717, 1.165) is 11.6 Å². The van der Waals surface area contributed by atoms with Crippen molar-refractivity contribution in [3.63, 3.8) is 0 Å². The Morgan fingerprint density at radius 2 is 1.68 bits per heavy atom. The van der Waals surface area contributed by atoms with E-state index in [1.807, 2.05) is 62.4 Å². The largest absolute Gasteiger partial charge is 0.481 e. The Hall–Kier alpha value is -2.41. The van der Waals surface area contributed by atoms with E-state index in [-0.39, 0.29) is 12.5 Å². The number of carbonyl (C=O) groups is 2. The van der Waals surface area contributed by atoms with Gasteiger partial charge in [-0.1, -0.05) is 98.8 Å². The second kappa shape index (κ2) is 11.5. The lowest BCUT2D eigenvalue weighted by molar-refractivity contribution is -0.173. The van der Waals surface area contributed by atoms with Crippen LogP contribution in [0, 0.1) is 10.8 Å². The van der Waals surface area contributed by atoms with Crippen LogP contribution in [-0.4, -0.2) is 42.3 Å². The summed E-state index contributed by atoms with van der Waals surface area (Å²) in [5, 5.41) is 26.0. The third-order valence-corrected chi connectivity index (χ3v) is 10.1. The fourth-order valence-electron chi connectivity index (χ4n) is 6.20. The van der Waals surface area contributed by atoms with Crippen LogP contribution in [0.15, 0.2) is 60.7 Å². The summed E-state index contributed by atoms with van der Waals surface area (Å²) in [6.45, 7) is 10.5. The van der Waals surface area contributed by atoms with Crippen LogP contribution < -0.4 is 5.32 Å². The van der Waals surface area contributed by atoms with Gasteiger partial charge in [-0.05, 0) is 49.4 Å². The standard InChI is InChI=1S/C30H40ClNO4Si/c1-6-25-30(28(35)36,18-19-37(3,4)5)26(23-15-10-16-24(31)20-23)29(27(33)34,21(2)32-25)17-11-14-22-12-8-7-9-13-22/h7-16,20-21,25-26,32H,6,17-19H2,1-5H3,(H,33,34)(H,35,36). The van der Waals surface area contributed by atoms with Gasteiger partial charge in [0.15, 0.2) is 0 Å². The Labute approximate surface area is 227 Å². The average molecular weight is 542 g/mol. The molecule has 0 radical (unpaired) electrons. The Kier molecular flexibility index (Phi) is 9.09. The molecule has 5 atom stereocenters. The molecule has 1 aliphatic heterocycles. The SMILES string of the molecule is CCC1NC(C)C(CC=Cc2ccccc2)(C(=O)O)C(c2cccc(Cl)c2)C1(CC[Si](C)(C)C)C(=O)O. The molecule has 3 rings (SSSR count). The van der Waals surface area contributed by atoms with Crippen molar-refractivity contribution in [2.75, 3.05) is 0 Å². The summed E-state index contributed by atoms with van der Waals surface area (Å²) < 4.78 is 0. The quantitative estimate of drug-likeness (QED) is 0.277. The predicted molar refractivity (Wildman–Crippen MR) is 154 cm³/mol. The third kappa shape index (κ3) is 5.87. The maximum absolute atomic E-state index is 13.5. The van der Waals surface area contributed by atoms with Gasteiger partial charge in [0.25, 0.3) is 0 Å². The first kappa shape index (κ1) is 29.1. The summed E-state index contributed by atoms with van der Waals surface area (Å²) in [6, 6.07) is 16.8. The molecule has 37 heavy (non-hydrogen) atoms. The topological polar surface area (TPSA) is 86.6 Å². The number of halogens is 1. The van der Waals surface area contributed by atoms with Crippen LogP contribution in [-0.2, 0) is 9.59 Å². The maximum atomic E-state index is 13.5. The number of carboxylic acids is 2. The molecule has 5 nitrogen and oxygen atoms in total. The Morgan fingerprint density at radius 1 is 1.03 bits per heavy atom. The second-order valence-electron chi connectivity index (χ2n) is 11.6. The van der Waals surface area contributed by atoms with E-state index in [0.29, 0.717) is 23.4 Å². The van der Waals surface area contributed by atoms with Crippen molar-refractivity contribution in [1.82, 2.24) is 5.32 Å². The molecular weight excluding hydrogens is 502 g/mol. The van der Waals surface area contributed by atoms with Crippen LogP contribution in [0.1, 0.15) is 50.2 Å². The van der Waals surface area contributed by atoms with Crippen LogP contribution in [0.4, 0.5) is 0 Å². The number of carboxylic acid groups (broad SMARTS) is 2. The highest BCUT2D eigenvalue weighted by molar-refractivity contribution is 6.76. The number of piperidine rings is 1. The molecule has 2 aromatic rings. The smallest absolute Gasteiger partial charge is 0.312 e. The number of hydrogen-bond acceptors (Lipinski definition) is 3.